The molecule has 4 rings (SSSR count). The van der Waals surface area contributed by atoms with E-state index in [0.717, 1.165) is 17.6 Å². The Labute approximate surface area is 146 Å². The monoisotopic (exact) mass is 325 g/mol. The van der Waals surface area contributed by atoms with E-state index in [1.807, 2.05) is 0 Å². The van der Waals surface area contributed by atoms with Gasteiger partial charge in [-0.1, -0.05) is 18.2 Å². The molecule has 2 heteroatoms. The van der Waals surface area contributed by atoms with Crippen molar-refractivity contribution in [2.75, 3.05) is 20.2 Å². The Morgan fingerprint density at radius 1 is 1.04 bits per heavy atom. The second kappa shape index (κ2) is 7.31. The molecule has 0 radical (unpaired) electrons. The van der Waals surface area contributed by atoms with Crippen LogP contribution in [0.15, 0.2) is 30.4 Å². The first kappa shape index (κ1) is 16.2. The zero-order valence-corrected chi connectivity index (χ0v) is 15.0. The van der Waals surface area contributed by atoms with Crippen LogP contribution < -0.4 is 4.74 Å². The van der Waals surface area contributed by atoms with E-state index < -0.39 is 0 Å². The third kappa shape index (κ3) is 3.26. The van der Waals surface area contributed by atoms with E-state index >= 15 is 0 Å². The number of rotatable bonds is 3. The summed E-state index contributed by atoms with van der Waals surface area (Å²) in [6.07, 6.45) is 15.7. The molecule has 24 heavy (non-hydrogen) atoms. The summed E-state index contributed by atoms with van der Waals surface area (Å²) in [5, 5.41) is 0. The molecule has 1 aromatic carbocycles. The summed E-state index contributed by atoms with van der Waals surface area (Å²) in [5.41, 5.74) is 3.08. The maximum absolute atomic E-state index is 5.49. The molecule has 1 aliphatic heterocycles. The lowest BCUT2D eigenvalue weighted by Gasteiger charge is -2.42. The summed E-state index contributed by atoms with van der Waals surface area (Å²) in [5.74, 6) is 2.80. The predicted molar refractivity (Wildman–Crippen MR) is 99.5 cm³/mol. The fourth-order valence-electron chi connectivity index (χ4n) is 5.15. The number of hydrogen-bond donors (Lipinski definition) is 0. The smallest absolute Gasteiger partial charge is 0.119 e. The predicted octanol–water partition coefficient (Wildman–Crippen LogP) is 5.14. The Hall–Kier alpha value is -1.28. The van der Waals surface area contributed by atoms with E-state index in [1.165, 1.54) is 70.0 Å². The number of aryl methyl sites for hydroxylation is 1. The largest absolute Gasteiger partial charge is 0.497 e. The molecular formula is C22H31NO. The molecule has 2 aliphatic carbocycles. The van der Waals surface area contributed by atoms with Gasteiger partial charge in [0.15, 0.2) is 0 Å². The van der Waals surface area contributed by atoms with Gasteiger partial charge in [-0.3, -0.25) is 4.90 Å². The van der Waals surface area contributed by atoms with Crippen LogP contribution in [-0.4, -0.2) is 25.1 Å². The molecule has 2 unspecified atom stereocenters. The Morgan fingerprint density at radius 2 is 1.92 bits per heavy atom. The molecule has 3 aliphatic rings. The van der Waals surface area contributed by atoms with Gasteiger partial charge in [-0.05, 0) is 99.6 Å². The molecule has 0 aromatic heterocycles. The van der Waals surface area contributed by atoms with E-state index in [-0.39, 0.29) is 0 Å². The standard InChI is InChI=1S/C22H31NO/c1-24-20-11-10-19-8-5-9-22(21(19)16-20)23-14-12-18(13-15-23)17-6-3-2-4-7-17/h3,6,10-11,16-18,22H,2,4-5,7-9,12-15H2,1H3. The number of piperidine rings is 1. The molecule has 0 bridgehead atoms. The van der Waals surface area contributed by atoms with Gasteiger partial charge in [0, 0.05) is 6.04 Å². The molecule has 2 atom stereocenters. The van der Waals surface area contributed by atoms with Crippen molar-refractivity contribution in [3.8, 4) is 5.75 Å². The Bertz CT molecular complexity index is 586. The Morgan fingerprint density at radius 3 is 2.67 bits per heavy atom. The summed E-state index contributed by atoms with van der Waals surface area (Å²) in [6.45, 7) is 2.55. The lowest BCUT2D eigenvalue weighted by Crippen LogP contribution is -2.39. The van der Waals surface area contributed by atoms with E-state index in [1.54, 1.807) is 12.7 Å². The maximum atomic E-state index is 5.49. The highest BCUT2D eigenvalue weighted by Gasteiger charge is 2.31. The summed E-state index contributed by atoms with van der Waals surface area (Å²) in [4.78, 5) is 2.76. The second-order valence-corrected chi connectivity index (χ2v) is 7.87. The molecule has 130 valence electrons. The average molecular weight is 325 g/mol. The van der Waals surface area contributed by atoms with Crippen LogP contribution in [0.2, 0.25) is 0 Å². The van der Waals surface area contributed by atoms with Gasteiger partial charge < -0.3 is 4.74 Å². The van der Waals surface area contributed by atoms with Crippen LogP contribution in [0.25, 0.3) is 0 Å². The van der Waals surface area contributed by atoms with Crippen LogP contribution in [0, 0.1) is 11.8 Å². The third-order valence-electron chi connectivity index (χ3n) is 6.55. The fraction of sp³-hybridized carbons (Fsp3) is 0.636. The number of ether oxygens (including phenoxy) is 1. The van der Waals surface area contributed by atoms with Crippen molar-refractivity contribution in [3.05, 3.63) is 41.5 Å². The normalized spacial score (nSPS) is 28.5. The van der Waals surface area contributed by atoms with Crippen molar-refractivity contribution < 1.29 is 4.74 Å². The van der Waals surface area contributed by atoms with Crippen LogP contribution in [0.5, 0.6) is 5.75 Å². The van der Waals surface area contributed by atoms with Crippen molar-refractivity contribution in [3.63, 3.8) is 0 Å². The summed E-state index contributed by atoms with van der Waals surface area (Å²) in [6, 6.07) is 7.34. The molecule has 0 saturated carbocycles. The highest BCUT2D eigenvalue weighted by molar-refractivity contribution is 5.39. The van der Waals surface area contributed by atoms with E-state index in [2.05, 4.69) is 35.3 Å². The van der Waals surface area contributed by atoms with Crippen molar-refractivity contribution in [2.24, 2.45) is 11.8 Å². The molecule has 1 saturated heterocycles. The van der Waals surface area contributed by atoms with Crippen molar-refractivity contribution in [1.29, 1.82) is 0 Å². The van der Waals surface area contributed by atoms with Crippen LogP contribution in [0.3, 0.4) is 0 Å². The molecule has 0 N–H and O–H groups in total. The first-order valence-electron chi connectivity index (χ1n) is 9.92. The number of fused-ring (bicyclic) bond motifs is 1. The fourth-order valence-corrected chi connectivity index (χ4v) is 5.15. The SMILES string of the molecule is COc1ccc2c(c1)C(N1CCC(C3C=CCCC3)CC1)CCC2. The second-order valence-electron chi connectivity index (χ2n) is 7.87. The minimum absolute atomic E-state index is 0.617. The zero-order chi connectivity index (χ0) is 16.4. The van der Waals surface area contributed by atoms with E-state index in [4.69, 9.17) is 4.74 Å². The first-order chi connectivity index (χ1) is 11.8. The molecule has 2 nitrogen and oxygen atoms in total. The third-order valence-corrected chi connectivity index (χ3v) is 6.55. The maximum Gasteiger partial charge on any atom is 0.119 e. The minimum Gasteiger partial charge on any atom is -0.497 e. The molecule has 0 spiro atoms. The first-order valence-corrected chi connectivity index (χ1v) is 9.92. The van der Waals surface area contributed by atoms with Gasteiger partial charge in [-0.2, -0.15) is 0 Å². The average Bonchev–Trinajstić information content (AvgIpc) is 2.68. The molecular weight excluding hydrogens is 294 g/mol. The van der Waals surface area contributed by atoms with Gasteiger partial charge in [-0.15, -0.1) is 0 Å². The van der Waals surface area contributed by atoms with Gasteiger partial charge in [0.25, 0.3) is 0 Å². The van der Waals surface area contributed by atoms with Gasteiger partial charge in [0.1, 0.15) is 5.75 Å². The summed E-state index contributed by atoms with van der Waals surface area (Å²) in [7, 11) is 1.78. The van der Waals surface area contributed by atoms with Gasteiger partial charge in [0.05, 0.1) is 7.11 Å². The number of methoxy groups -OCH3 is 1. The number of nitrogens with zero attached hydrogens (tertiary/aromatic N) is 1. The van der Waals surface area contributed by atoms with Crippen molar-refractivity contribution in [1.82, 2.24) is 4.90 Å². The summed E-state index contributed by atoms with van der Waals surface area (Å²) < 4.78 is 5.49. The molecule has 1 fully saturated rings. The van der Waals surface area contributed by atoms with E-state index in [9.17, 15) is 0 Å². The lowest BCUT2D eigenvalue weighted by atomic mass is 9.78. The lowest BCUT2D eigenvalue weighted by molar-refractivity contribution is 0.103. The zero-order valence-electron chi connectivity index (χ0n) is 15.0. The van der Waals surface area contributed by atoms with E-state index in [0.29, 0.717) is 6.04 Å². The molecule has 0 amide bonds. The van der Waals surface area contributed by atoms with Gasteiger partial charge in [0.2, 0.25) is 0 Å². The topological polar surface area (TPSA) is 12.5 Å². The summed E-state index contributed by atoms with van der Waals surface area (Å²) >= 11 is 0. The van der Waals surface area contributed by atoms with Gasteiger partial charge >= 0.3 is 0 Å². The quantitative estimate of drug-likeness (QED) is 0.713. The van der Waals surface area contributed by atoms with Crippen molar-refractivity contribution >= 4 is 0 Å². The Balaban J connectivity index is 1.45. The van der Waals surface area contributed by atoms with Crippen LogP contribution >= 0.6 is 0 Å². The minimum atomic E-state index is 0.617. The van der Waals surface area contributed by atoms with Crippen LogP contribution in [-0.2, 0) is 6.42 Å². The van der Waals surface area contributed by atoms with Crippen LogP contribution in [0.1, 0.15) is 62.1 Å². The number of benzene rings is 1. The number of hydrogen-bond acceptors (Lipinski definition) is 2. The number of likely N-dealkylation sites (tertiary alicyclic amines) is 1. The Kier molecular flexibility index (Phi) is 4.93. The highest BCUT2D eigenvalue weighted by atomic mass is 16.5. The number of allylic oxidation sites excluding steroid dienone is 2. The molecule has 1 heterocycles. The highest BCUT2D eigenvalue weighted by Crippen LogP contribution is 2.40. The molecule has 1 aromatic rings. The van der Waals surface area contributed by atoms with Crippen molar-refractivity contribution in [2.45, 2.75) is 57.4 Å². The van der Waals surface area contributed by atoms with Crippen LogP contribution in [0.4, 0.5) is 0 Å². The van der Waals surface area contributed by atoms with Gasteiger partial charge in [-0.25, -0.2) is 0 Å².